The van der Waals surface area contributed by atoms with E-state index >= 15 is 0 Å². The van der Waals surface area contributed by atoms with Crippen molar-refractivity contribution in [1.82, 2.24) is 20.2 Å². The Hall–Kier alpha value is -2.36. The monoisotopic (exact) mass is 413 g/mol. The number of H-pyrrole nitrogens is 1. The van der Waals surface area contributed by atoms with E-state index in [0.717, 1.165) is 46.2 Å². The molecule has 1 aliphatic rings. The van der Waals surface area contributed by atoms with Crippen LogP contribution in [0.4, 0.5) is 0 Å². The van der Waals surface area contributed by atoms with Gasteiger partial charge in [0.2, 0.25) is 5.91 Å². The molecule has 2 aromatic rings. The van der Waals surface area contributed by atoms with Crippen molar-refractivity contribution in [1.29, 1.82) is 5.26 Å². The van der Waals surface area contributed by atoms with Gasteiger partial charge in [0.05, 0.1) is 18.3 Å². The number of aromatic nitrogens is 2. The van der Waals surface area contributed by atoms with Crippen LogP contribution in [0.15, 0.2) is 18.2 Å². The van der Waals surface area contributed by atoms with Crippen LogP contribution in [-0.2, 0) is 11.2 Å². The Morgan fingerprint density at radius 1 is 1.45 bits per heavy atom. The summed E-state index contributed by atoms with van der Waals surface area (Å²) < 4.78 is 0. The third kappa shape index (κ3) is 4.98. The standard InChI is InChI=1S/C22H28ClN5O/c1-14-7-8-16(10-18(14)23)21-26-15(2)19(27-21)11-22(3,4)25-13-20(29)28-9-5-6-17(28)12-24/h7-8,10,17,25H,5-6,9,11,13H2,1-4H3,(H,26,27)/t17-/m0/s1. The number of amides is 1. The molecule has 154 valence electrons. The summed E-state index contributed by atoms with van der Waals surface area (Å²) in [6.45, 7) is 8.98. The van der Waals surface area contributed by atoms with Gasteiger partial charge in [0.25, 0.3) is 0 Å². The second kappa shape index (κ2) is 8.56. The number of carbonyl (C=O) groups excluding carboxylic acids is 1. The Morgan fingerprint density at radius 2 is 2.21 bits per heavy atom. The quantitative estimate of drug-likeness (QED) is 0.754. The number of nitrogens with one attached hydrogen (secondary N) is 2. The molecule has 3 rings (SSSR count). The normalized spacial score (nSPS) is 16.8. The number of rotatable bonds is 6. The first-order valence-corrected chi connectivity index (χ1v) is 10.3. The summed E-state index contributed by atoms with van der Waals surface area (Å²) in [7, 11) is 0. The molecule has 1 fully saturated rings. The van der Waals surface area contributed by atoms with E-state index in [4.69, 9.17) is 16.6 Å². The van der Waals surface area contributed by atoms with Crippen LogP contribution in [-0.4, -0.2) is 45.4 Å². The highest BCUT2D eigenvalue weighted by Gasteiger charge is 2.30. The molecule has 0 radical (unpaired) electrons. The summed E-state index contributed by atoms with van der Waals surface area (Å²) in [5.41, 5.74) is 3.62. The van der Waals surface area contributed by atoms with Gasteiger partial charge in [0, 0.05) is 34.8 Å². The number of imidazole rings is 1. The van der Waals surface area contributed by atoms with Crippen molar-refractivity contribution in [2.75, 3.05) is 13.1 Å². The van der Waals surface area contributed by atoms with Crippen LogP contribution in [0.1, 0.15) is 43.6 Å². The molecule has 0 bridgehead atoms. The van der Waals surface area contributed by atoms with Gasteiger partial charge in [-0.15, -0.1) is 0 Å². The van der Waals surface area contributed by atoms with Gasteiger partial charge in [-0.2, -0.15) is 5.26 Å². The predicted molar refractivity (Wildman–Crippen MR) is 115 cm³/mol. The fourth-order valence-electron chi connectivity index (χ4n) is 3.64. The van der Waals surface area contributed by atoms with Crippen molar-refractivity contribution in [3.63, 3.8) is 0 Å². The summed E-state index contributed by atoms with van der Waals surface area (Å²) in [6, 6.07) is 7.84. The summed E-state index contributed by atoms with van der Waals surface area (Å²) in [5, 5.41) is 13.2. The molecule has 2 N–H and O–H groups in total. The SMILES string of the molecule is Cc1ccc(-c2nc(CC(C)(C)NCC(=O)N3CCC[C@H]3C#N)c(C)[nH]2)cc1Cl. The van der Waals surface area contributed by atoms with Gasteiger partial charge < -0.3 is 15.2 Å². The predicted octanol–water partition coefficient (Wildman–Crippen LogP) is 3.77. The van der Waals surface area contributed by atoms with Crippen LogP contribution < -0.4 is 5.32 Å². The molecular formula is C22H28ClN5O. The fourth-order valence-corrected chi connectivity index (χ4v) is 3.82. The molecule has 0 aliphatic carbocycles. The second-order valence-corrected chi connectivity index (χ2v) is 8.82. The lowest BCUT2D eigenvalue weighted by Gasteiger charge is -2.28. The van der Waals surface area contributed by atoms with Crippen molar-refractivity contribution < 1.29 is 4.79 Å². The van der Waals surface area contributed by atoms with Crippen LogP contribution in [0.25, 0.3) is 11.4 Å². The van der Waals surface area contributed by atoms with E-state index in [0.29, 0.717) is 13.0 Å². The molecule has 1 aliphatic heterocycles. The minimum absolute atomic E-state index is 0.0177. The highest BCUT2D eigenvalue weighted by molar-refractivity contribution is 6.31. The van der Waals surface area contributed by atoms with E-state index in [1.807, 2.05) is 32.0 Å². The summed E-state index contributed by atoms with van der Waals surface area (Å²) >= 11 is 6.25. The molecule has 29 heavy (non-hydrogen) atoms. The van der Waals surface area contributed by atoms with Crippen LogP contribution in [0.5, 0.6) is 0 Å². The van der Waals surface area contributed by atoms with Gasteiger partial charge in [-0.3, -0.25) is 4.79 Å². The van der Waals surface area contributed by atoms with E-state index in [-0.39, 0.29) is 24.0 Å². The molecule has 6 nitrogen and oxygen atoms in total. The average molecular weight is 414 g/mol. The number of nitrogens with zero attached hydrogens (tertiary/aromatic N) is 3. The van der Waals surface area contributed by atoms with Gasteiger partial charge in [-0.25, -0.2) is 4.98 Å². The number of hydrogen-bond donors (Lipinski definition) is 2. The lowest BCUT2D eigenvalue weighted by atomic mass is 9.97. The number of aromatic amines is 1. The van der Waals surface area contributed by atoms with Crippen molar-refractivity contribution >= 4 is 17.5 Å². The number of likely N-dealkylation sites (tertiary alicyclic amines) is 1. The Bertz CT molecular complexity index is 943. The third-order valence-corrected chi connectivity index (χ3v) is 5.89. The molecule has 0 saturated carbocycles. The van der Waals surface area contributed by atoms with Gasteiger partial charge in [-0.05, 0) is 52.2 Å². The lowest BCUT2D eigenvalue weighted by Crippen LogP contribution is -2.48. The fraction of sp³-hybridized carbons (Fsp3) is 0.500. The lowest BCUT2D eigenvalue weighted by molar-refractivity contribution is -0.130. The minimum Gasteiger partial charge on any atom is -0.342 e. The number of halogens is 1. The van der Waals surface area contributed by atoms with E-state index in [1.54, 1.807) is 4.90 Å². The summed E-state index contributed by atoms with van der Waals surface area (Å²) in [5.74, 6) is 0.774. The Labute approximate surface area is 177 Å². The molecule has 1 atom stereocenters. The molecule has 1 aromatic heterocycles. The van der Waals surface area contributed by atoms with E-state index < -0.39 is 0 Å². The second-order valence-electron chi connectivity index (χ2n) is 8.41. The Kier molecular flexibility index (Phi) is 6.30. The molecule has 1 amide bonds. The summed E-state index contributed by atoms with van der Waals surface area (Å²) in [6.07, 6.45) is 2.33. The maximum absolute atomic E-state index is 12.5. The molecular weight excluding hydrogens is 386 g/mol. The van der Waals surface area contributed by atoms with Crippen LogP contribution >= 0.6 is 11.6 Å². The zero-order valence-corrected chi connectivity index (χ0v) is 18.2. The maximum Gasteiger partial charge on any atom is 0.237 e. The number of nitriles is 1. The molecule has 0 unspecified atom stereocenters. The summed E-state index contributed by atoms with van der Waals surface area (Å²) in [4.78, 5) is 22.3. The number of carbonyl (C=O) groups is 1. The van der Waals surface area contributed by atoms with Gasteiger partial charge in [0.1, 0.15) is 11.9 Å². The van der Waals surface area contributed by atoms with Crippen LogP contribution in [0.2, 0.25) is 5.02 Å². The maximum atomic E-state index is 12.5. The van der Waals surface area contributed by atoms with Gasteiger partial charge in [-0.1, -0.05) is 23.7 Å². The highest BCUT2D eigenvalue weighted by Crippen LogP contribution is 2.25. The number of benzene rings is 1. The zero-order chi connectivity index (χ0) is 21.2. The van der Waals surface area contributed by atoms with Crippen molar-refractivity contribution in [3.05, 3.63) is 40.2 Å². The van der Waals surface area contributed by atoms with E-state index in [9.17, 15) is 10.1 Å². The van der Waals surface area contributed by atoms with Crippen molar-refractivity contribution in [2.45, 2.75) is 58.5 Å². The first kappa shape index (κ1) is 21.4. The minimum atomic E-state index is -0.320. The first-order valence-electron chi connectivity index (χ1n) is 9.96. The topological polar surface area (TPSA) is 84.8 Å². The van der Waals surface area contributed by atoms with E-state index in [2.05, 4.69) is 30.2 Å². The number of hydrogen-bond acceptors (Lipinski definition) is 4. The molecule has 1 aromatic carbocycles. The van der Waals surface area contributed by atoms with Crippen LogP contribution in [0.3, 0.4) is 0 Å². The van der Waals surface area contributed by atoms with Crippen molar-refractivity contribution in [3.8, 4) is 17.5 Å². The largest absolute Gasteiger partial charge is 0.342 e. The first-order chi connectivity index (χ1) is 13.7. The average Bonchev–Trinajstić information content (AvgIpc) is 3.29. The Morgan fingerprint density at radius 3 is 2.90 bits per heavy atom. The van der Waals surface area contributed by atoms with Crippen molar-refractivity contribution in [2.24, 2.45) is 0 Å². The third-order valence-electron chi connectivity index (χ3n) is 5.48. The zero-order valence-electron chi connectivity index (χ0n) is 17.5. The van der Waals surface area contributed by atoms with Gasteiger partial charge in [0.15, 0.2) is 0 Å². The molecule has 0 spiro atoms. The number of aryl methyl sites for hydroxylation is 2. The smallest absolute Gasteiger partial charge is 0.237 e. The molecule has 7 heteroatoms. The highest BCUT2D eigenvalue weighted by atomic mass is 35.5. The van der Waals surface area contributed by atoms with Crippen LogP contribution in [0, 0.1) is 25.2 Å². The van der Waals surface area contributed by atoms with E-state index in [1.165, 1.54) is 0 Å². The Balaban J connectivity index is 1.65. The molecule has 1 saturated heterocycles. The van der Waals surface area contributed by atoms with Gasteiger partial charge >= 0.3 is 0 Å². The molecule has 2 heterocycles.